The van der Waals surface area contributed by atoms with Crippen molar-refractivity contribution in [3.8, 4) is 11.3 Å². The number of hydrogen-bond donors (Lipinski definition) is 3. The molecule has 5 nitrogen and oxygen atoms in total. The van der Waals surface area contributed by atoms with Crippen molar-refractivity contribution in [1.82, 2.24) is 9.97 Å². The Hall–Kier alpha value is -2.92. The van der Waals surface area contributed by atoms with Crippen molar-refractivity contribution in [2.45, 2.75) is 26.4 Å². The van der Waals surface area contributed by atoms with Gasteiger partial charge in [0.25, 0.3) is 0 Å². The molecule has 0 bridgehead atoms. The summed E-state index contributed by atoms with van der Waals surface area (Å²) in [6, 6.07) is 20.2. The Kier molecular flexibility index (Phi) is 5.81. The molecule has 0 fully saturated rings. The SMILES string of the molecule is Cc1ccc(CNc2cc(-c3ccccc3)nc(N[C@H](C)CO)n2)cc1. The summed E-state index contributed by atoms with van der Waals surface area (Å²) >= 11 is 0. The third-order valence-corrected chi connectivity index (χ3v) is 4.04. The second-order valence-corrected chi connectivity index (χ2v) is 6.40. The Bertz CT molecular complexity index is 834. The molecule has 0 saturated heterocycles. The van der Waals surface area contributed by atoms with Crippen molar-refractivity contribution in [1.29, 1.82) is 0 Å². The van der Waals surface area contributed by atoms with Gasteiger partial charge in [-0.3, -0.25) is 0 Å². The first-order valence-electron chi connectivity index (χ1n) is 8.75. The molecule has 0 unspecified atom stereocenters. The summed E-state index contributed by atoms with van der Waals surface area (Å²) in [6.07, 6.45) is 0. The van der Waals surface area contributed by atoms with E-state index >= 15 is 0 Å². The maximum Gasteiger partial charge on any atom is 0.225 e. The molecular formula is C21H24N4O. The van der Waals surface area contributed by atoms with Crippen LogP contribution in [0.2, 0.25) is 0 Å². The average molecular weight is 348 g/mol. The molecule has 1 atom stereocenters. The van der Waals surface area contributed by atoms with Crippen LogP contribution in [-0.2, 0) is 6.54 Å². The van der Waals surface area contributed by atoms with Gasteiger partial charge >= 0.3 is 0 Å². The van der Waals surface area contributed by atoms with Crippen LogP contribution in [0.3, 0.4) is 0 Å². The molecule has 0 radical (unpaired) electrons. The third-order valence-electron chi connectivity index (χ3n) is 4.04. The van der Waals surface area contributed by atoms with E-state index in [2.05, 4.69) is 51.8 Å². The second kappa shape index (κ2) is 8.45. The van der Waals surface area contributed by atoms with E-state index in [0.717, 1.165) is 17.1 Å². The van der Waals surface area contributed by atoms with Gasteiger partial charge in [0.05, 0.1) is 12.3 Å². The van der Waals surface area contributed by atoms with Crippen molar-refractivity contribution < 1.29 is 5.11 Å². The first-order chi connectivity index (χ1) is 12.6. The molecule has 0 amide bonds. The molecule has 2 aromatic carbocycles. The largest absolute Gasteiger partial charge is 0.394 e. The van der Waals surface area contributed by atoms with Crippen molar-refractivity contribution in [3.63, 3.8) is 0 Å². The van der Waals surface area contributed by atoms with Gasteiger partial charge in [-0.15, -0.1) is 0 Å². The zero-order valence-corrected chi connectivity index (χ0v) is 15.1. The van der Waals surface area contributed by atoms with Crippen molar-refractivity contribution >= 4 is 11.8 Å². The molecule has 0 spiro atoms. The lowest BCUT2D eigenvalue weighted by Gasteiger charge is -2.14. The first-order valence-corrected chi connectivity index (χ1v) is 8.75. The summed E-state index contributed by atoms with van der Waals surface area (Å²) < 4.78 is 0. The maximum absolute atomic E-state index is 9.29. The molecule has 1 aromatic heterocycles. The Balaban J connectivity index is 1.85. The third kappa shape index (κ3) is 4.80. The molecule has 3 rings (SSSR count). The van der Waals surface area contributed by atoms with Gasteiger partial charge in [-0.2, -0.15) is 4.98 Å². The van der Waals surface area contributed by atoms with E-state index in [1.807, 2.05) is 43.3 Å². The number of hydrogen-bond acceptors (Lipinski definition) is 5. The average Bonchev–Trinajstić information content (AvgIpc) is 2.68. The molecule has 0 aliphatic heterocycles. The highest BCUT2D eigenvalue weighted by atomic mass is 16.3. The van der Waals surface area contributed by atoms with E-state index in [1.165, 1.54) is 11.1 Å². The summed E-state index contributed by atoms with van der Waals surface area (Å²) in [5.74, 6) is 1.24. The number of aryl methyl sites for hydroxylation is 1. The molecule has 0 saturated carbocycles. The molecule has 0 aliphatic rings. The normalized spacial score (nSPS) is 11.8. The molecular weight excluding hydrogens is 324 g/mol. The Morgan fingerprint density at radius 2 is 1.73 bits per heavy atom. The van der Waals surface area contributed by atoms with Gasteiger partial charge in [-0.05, 0) is 19.4 Å². The summed E-state index contributed by atoms with van der Waals surface area (Å²) in [4.78, 5) is 9.12. The molecule has 1 heterocycles. The number of aromatic nitrogens is 2. The smallest absolute Gasteiger partial charge is 0.225 e. The predicted octanol–water partition coefficient (Wildman–Crippen LogP) is 3.86. The summed E-state index contributed by atoms with van der Waals surface area (Å²) in [5, 5.41) is 15.8. The highest BCUT2D eigenvalue weighted by Gasteiger charge is 2.09. The van der Waals surface area contributed by atoms with Crippen LogP contribution in [0.5, 0.6) is 0 Å². The lowest BCUT2D eigenvalue weighted by Crippen LogP contribution is -2.21. The Morgan fingerprint density at radius 3 is 2.42 bits per heavy atom. The van der Waals surface area contributed by atoms with Crippen molar-refractivity contribution in [2.24, 2.45) is 0 Å². The summed E-state index contributed by atoms with van der Waals surface area (Å²) in [7, 11) is 0. The lowest BCUT2D eigenvalue weighted by atomic mass is 10.1. The minimum absolute atomic E-state index is 0.0189. The summed E-state index contributed by atoms with van der Waals surface area (Å²) in [5.41, 5.74) is 4.29. The van der Waals surface area contributed by atoms with E-state index in [1.54, 1.807) is 0 Å². The highest BCUT2D eigenvalue weighted by molar-refractivity contribution is 5.64. The van der Waals surface area contributed by atoms with Crippen LogP contribution in [-0.4, -0.2) is 27.7 Å². The first kappa shape index (κ1) is 17.9. The Morgan fingerprint density at radius 1 is 1.00 bits per heavy atom. The summed E-state index contributed by atoms with van der Waals surface area (Å²) in [6.45, 7) is 4.66. The number of anilines is 2. The standard InChI is InChI=1S/C21H24N4O/c1-15-8-10-17(11-9-15)13-22-20-12-19(18-6-4-3-5-7-18)24-21(25-20)23-16(2)14-26/h3-12,16,26H,13-14H2,1-2H3,(H2,22,23,24,25)/t16-/m1/s1. The molecule has 3 N–H and O–H groups in total. The quantitative estimate of drug-likeness (QED) is 0.605. The van der Waals surface area contributed by atoms with E-state index in [4.69, 9.17) is 0 Å². The van der Waals surface area contributed by atoms with Gasteiger partial charge in [0.1, 0.15) is 5.82 Å². The number of benzene rings is 2. The molecule has 0 aliphatic carbocycles. The van der Waals surface area contributed by atoms with Crippen LogP contribution in [0.25, 0.3) is 11.3 Å². The van der Waals surface area contributed by atoms with Crippen LogP contribution >= 0.6 is 0 Å². The van der Waals surface area contributed by atoms with Gasteiger partial charge in [0.2, 0.25) is 5.95 Å². The van der Waals surface area contributed by atoms with E-state index in [0.29, 0.717) is 12.5 Å². The van der Waals surface area contributed by atoms with Gasteiger partial charge < -0.3 is 15.7 Å². The maximum atomic E-state index is 9.29. The molecule has 5 heteroatoms. The lowest BCUT2D eigenvalue weighted by molar-refractivity contribution is 0.281. The fourth-order valence-electron chi connectivity index (χ4n) is 2.52. The highest BCUT2D eigenvalue weighted by Crippen LogP contribution is 2.22. The minimum atomic E-state index is -0.119. The van der Waals surface area contributed by atoms with Crippen LogP contribution in [0, 0.1) is 6.92 Å². The molecule has 3 aromatic rings. The topological polar surface area (TPSA) is 70.1 Å². The number of aliphatic hydroxyl groups excluding tert-OH is 1. The van der Waals surface area contributed by atoms with Gasteiger partial charge in [-0.25, -0.2) is 4.98 Å². The van der Waals surface area contributed by atoms with E-state index in [-0.39, 0.29) is 12.6 Å². The van der Waals surface area contributed by atoms with Gasteiger partial charge in [0, 0.05) is 24.2 Å². The minimum Gasteiger partial charge on any atom is -0.394 e. The van der Waals surface area contributed by atoms with E-state index in [9.17, 15) is 5.11 Å². The fourth-order valence-corrected chi connectivity index (χ4v) is 2.52. The van der Waals surface area contributed by atoms with Crippen molar-refractivity contribution in [2.75, 3.05) is 17.2 Å². The monoisotopic (exact) mass is 348 g/mol. The van der Waals surface area contributed by atoms with Crippen molar-refractivity contribution in [3.05, 3.63) is 71.8 Å². The number of rotatable bonds is 7. The number of nitrogens with one attached hydrogen (secondary N) is 2. The fraction of sp³-hybridized carbons (Fsp3) is 0.238. The van der Waals surface area contributed by atoms with Gasteiger partial charge in [-0.1, -0.05) is 60.2 Å². The van der Waals surface area contributed by atoms with Crippen LogP contribution in [0.15, 0.2) is 60.7 Å². The number of nitrogens with zero attached hydrogens (tertiary/aromatic N) is 2. The zero-order valence-electron chi connectivity index (χ0n) is 15.1. The second-order valence-electron chi connectivity index (χ2n) is 6.40. The van der Waals surface area contributed by atoms with Crippen LogP contribution < -0.4 is 10.6 Å². The molecule has 134 valence electrons. The predicted molar refractivity (Wildman–Crippen MR) is 106 cm³/mol. The van der Waals surface area contributed by atoms with Gasteiger partial charge in [0.15, 0.2) is 0 Å². The van der Waals surface area contributed by atoms with Crippen LogP contribution in [0.1, 0.15) is 18.1 Å². The van der Waals surface area contributed by atoms with Crippen LogP contribution in [0.4, 0.5) is 11.8 Å². The molecule has 26 heavy (non-hydrogen) atoms. The zero-order chi connectivity index (χ0) is 18.4. The number of aliphatic hydroxyl groups is 1. The van der Waals surface area contributed by atoms with E-state index < -0.39 is 0 Å². The Labute approximate surface area is 154 Å².